The molecule has 2 aromatic carbocycles. The molecule has 1 aliphatic rings. The molecule has 154 valence electrons. The van der Waals surface area contributed by atoms with Gasteiger partial charge in [0.1, 0.15) is 6.54 Å². The van der Waals surface area contributed by atoms with Crippen molar-refractivity contribution in [1.82, 2.24) is 5.43 Å². The van der Waals surface area contributed by atoms with Crippen molar-refractivity contribution in [2.75, 3.05) is 10.8 Å². The predicted octanol–water partition coefficient (Wildman–Crippen LogP) is 4.63. The number of benzene rings is 2. The Labute approximate surface area is 180 Å². The van der Waals surface area contributed by atoms with E-state index in [2.05, 4.69) is 10.5 Å². The number of hydrogen-bond donors (Lipinski definition) is 1. The summed E-state index contributed by atoms with van der Waals surface area (Å²) >= 11 is 12.1. The second kappa shape index (κ2) is 9.61. The number of sulfonamides is 1. The number of anilines is 1. The van der Waals surface area contributed by atoms with Crippen LogP contribution in [0.25, 0.3) is 0 Å². The van der Waals surface area contributed by atoms with Gasteiger partial charge < -0.3 is 0 Å². The number of nitrogens with one attached hydrogen (secondary N) is 1. The fraction of sp³-hybridized carbons (Fsp3) is 0.300. The normalized spacial score (nSPS) is 14.3. The molecule has 1 aliphatic carbocycles. The monoisotopic (exact) mass is 453 g/mol. The lowest BCUT2D eigenvalue weighted by molar-refractivity contribution is -0.119. The van der Waals surface area contributed by atoms with Gasteiger partial charge in [0, 0.05) is 15.8 Å². The highest BCUT2D eigenvalue weighted by molar-refractivity contribution is 7.92. The number of carbonyl (C=O) groups excluding carboxylic acids is 1. The second-order valence-electron chi connectivity index (χ2n) is 6.73. The number of amides is 1. The maximum Gasteiger partial charge on any atom is 0.264 e. The molecule has 1 saturated carbocycles. The smallest absolute Gasteiger partial charge is 0.264 e. The van der Waals surface area contributed by atoms with Crippen LogP contribution in [0.5, 0.6) is 0 Å². The summed E-state index contributed by atoms with van der Waals surface area (Å²) in [6.45, 7) is -0.454. The van der Waals surface area contributed by atoms with E-state index in [1.54, 1.807) is 18.2 Å². The standard InChI is InChI=1S/C20H21Cl2N3O3S/c21-15-11-16(22)13-18(12-15)25(29(27,28)19-9-5-2-6-10-19)14-20(26)24-23-17-7-3-1-4-8-17/h2,5-6,9-13H,1,3-4,7-8,14H2,(H,24,26). The molecule has 0 spiro atoms. The third-order valence-corrected chi connectivity index (χ3v) is 6.75. The quantitative estimate of drug-likeness (QED) is 0.647. The lowest BCUT2D eigenvalue weighted by atomic mass is 9.99. The zero-order chi connectivity index (χ0) is 20.9. The van der Waals surface area contributed by atoms with Gasteiger partial charge in [0.2, 0.25) is 0 Å². The van der Waals surface area contributed by atoms with Crippen LogP contribution in [0, 0.1) is 0 Å². The molecule has 0 saturated heterocycles. The number of carbonyl (C=O) groups is 1. The summed E-state index contributed by atoms with van der Waals surface area (Å²) in [5, 5.41) is 4.70. The molecule has 0 aliphatic heterocycles. The minimum Gasteiger partial charge on any atom is -0.271 e. The van der Waals surface area contributed by atoms with Crippen LogP contribution < -0.4 is 9.73 Å². The van der Waals surface area contributed by atoms with Crippen LogP contribution in [-0.2, 0) is 14.8 Å². The van der Waals surface area contributed by atoms with Gasteiger partial charge in [-0.05, 0) is 56.0 Å². The number of hydrogen-bond acceptors (Lipinski definition) is 4. The van der Waals surface area contributed by atoms with Gasteiger partial charge in [0.15, 0.2) is 0 Å². The summed E-state index contributed by atoms with van der Waals surface area (Å²) < 4.78 is 27.4. The van der Waals surface area contributed by atoms with E-state index in [1.165, 1.54) is 30.3 Å². The number of nitrogens with zero attached hydrogens (tertiary/aromatic N) is 2. The van der Waals surface area contributed by atoms with Gasteiger partial charge >= 0.3 is 0 Å². The van der Waals surface area contributed by atoms with Crippen molar-refractivity contribution in [1.29, 1.82) is 0 Å². The average molecular weight is 454 g/mol. The molecular weight excluding hydrogens is 433 g/mol. The van der Waals surface area contributed by atoms with Crippen molar-refractivity contribution in [2.45, 2.75) is 37.0 Å². The molecule has 1 fully saturated rings. The van der Waals surface area contributed by atoms with E-state index in [0.29, 0.717) is 0 Å². The predicted molar refractivity (Wildman–Crippen MR) is 116 cm³/mol. The fourth-order valence-electron chi connectivity index (χ4n) is 3.10. The van der Waals surface area contributed by atoms with Gasteiger partial charge in [-0.25, -0.2) is 13.8 Å². The highest BCUT2D eigenvalue weighted by Gasteiger charge is 2.27. The topological polar surface area (TPSA) is 78.8 Å². The van der Waals surface area contributed by atoms with Crippen LogP contribution in [-0.4, -0.2) is 26.6 Å². The van der Waals surface area contributed by atoms with Crippen LogP contribution in [0.1, 0.15) is 32.1 Å². The van der Waals surface area contributed by atoms with Crippen molar-refractivity contribution in [3.63, 3.8) is 0 Å². The zero-order valence-electron chi connectivity index (χ0n) is 15.6. The van der Waals surface area contributed by atoms with Crippen molar-refractivity contribution in [3.05, 3.63) is 58.6 Å². The number of halogens is 2. The van der Waals surface area contributed by atoms with E-state index in [9.17, 15) is 13.2 Å². The zero-order valence-corrected chi connectivity index (χ0v) is 18.0. The third-order valence-electron chi connectivity index (χ3n) is 4.52. The Morgan fingerprint density at radius 3 is 2.24 bits per heavy atom. The minimum absolute atomic E-state index is 0.0579. The first kappa shape index (κ1) is 21.6. The molecular formula is C20H21Cl2N3O3S. The molecule has 2 aromatic rings. The molecule has 1 N–H and O–H groups in total. The van der Waals surface area contributed by atoms with Crippen molar-refractivity contribution in [3.8, 4) is 0 Å². The van der Waals surface area contributed by atoms with Gasteiger partial charge in [0.25, 0.3) is 15.9 Å². The van der Waals surface area contributed by atoms with Gasteiger partial charge in [0.05, 0.1) is 10.6 Å². The lowest BCUT2D eigenvalue weighted by Gasteiger charge is -2.24. The van der Waals surface area contributed by atoms with Crippen LogP contribution in [0.4, 0.5) is 5.69 Å². The summed E-state index contributed by atoms with van der Waals surface area (Å²) in [5.41, 5.74) is 3.61. The fourth-order valence-corrected chi connectivity index (χ4v) is 5.04. The molecule has 0 unspecified atom stereocenters. The summed E-state index contributed by atoms with van der Waals surface area (Å²) in [6, 6.07) is 12.3. The van der Waals surface area contributed by atoms with Gasteiger partial charge in [-0.15, -0.1) is 0 Å². The Bertz CT molecular complexity index is 983. The highest BCUT2D eigenvalue weighted by atomic mass is 35.5. The molecule has 3 rings (SSSR count). The van der Waals surface area contributed by atoms with Crippen molar-refractivity contribution < 1.29 is 13.2 Å². The van der Waals surface area contributed by atoms with Crippen LogP contribution >= 0.6 is 23.2 Å². The summed E-state index contributed by atoms with van der Waals surface area (Å²) in [4.78, 5) is 12.6. The molecule has 1 amide bonds. The van der Waals surface area contributed by atoms with Gasteiger partial charge in [-0.1, -0.05) is 47.8 Å². The highest BCUT2D eigenvalue weighted by Crippen LogP contribution is 2.29. The number of hydrazone groups is 1. The molecule has 6 nitrogen and oxygen atoms in total. The summed E-state index contributed by atoms with van der Waals surface area (Å²) in [6.07, 6.45) is 4.94. The minimum atomic E-state index is -4.02. The second-order valence-corrected chi connectivity index (χ2v) is 9.46. The van der Waals surface area contributed by atoms with Gasteiger partial charge in [-0.3, -0.25) is 9.10 Å². The van der Waals surface area contributed by atoms with Crippen LogP contribution in [0.2, 0.25) is 10.0 Å². The number of rotatable bonds is 6. The molecule has 0 bridgehead atoms. The molecule has 0 heterocycles. The molecule has 0 aromatic heterocycles. The Kier molecular flexibility index (Phi) is 7.16. The Morgan fingerprint density at radius 2 is 1.62 bits per heavy atom. The van der Waals surface area contributed by atoms with E-state index < -0.39 is 22.5 Å². The Balaban J connectivity index is 1.89. The van der Waals surface area contributed by atoms with E-state index in [-0.39, 0.29) is 20.6 Å². The van der Waals surface area contributed by atoms with Crippen LogP contribution in [0.15, 0.2) is 58.5 Å². The molecule has 0 radical (unpaired) electrons. The summed E-state index contributed by atoms with van der Waals surface area (Å²) in [7, 11) is -4.02. The first-order valence-corrected chi connectivity index (χ1v) is 11.4. The molecule has 9 heteroatoms. The van der Waals surface area contributed by atoms with E-state index in [4.69, 9.17) is 23.2 Å². The van der Waals surface area contributed by atoms with Crippen LogP contribution in [0.3, 0.4) is 0 Å². The van der Waals surface area contributed by atoms with E-state index >= 15 is 0 Å². The Hall–Kier alpha value is -2.09. The first-order chi connectivity index (χ1) is 13.9. The van der Waals surface area contributed by atoms with E-state index in [0.717, 1.165) is 42.1 Å². The largest absolute Gasteiger partial charge is 0.271 e. The van der Waals surface area contributed by atoms with Gasteiger partial charge in [-0.2, -0.15) is 5.10 Å². The maximum atomic E-state index is 13.2. The SMILES string of the molecule is O=C(CN(c1cc(Cl)cc(Cl)c1)S(=O)(=O)c1ccccc1)NN=C1CCCCC1. The van der Waals surface area contributed by atoms with Crippen molar-refractivity contribution in [2.24, 2.45) is 5.10 Å². The van der Waals surface area contributed by atoms with Crippen molar-refractivity contribution >= 4 is 50.5 Å². The molecule has 0 atom stereocenters. The van der Waals surface area contributed by atoms with E-state index in [1.807, 2.05) is 0 Å². The maximum absolute atomic E-state index is 13.2. The first-order valence-electron chi connectivity index (χ1n) is 9.24. The summed E-state index contributed by atoms with van der Waals surface area (Å²) in [5.74, 6) is -0.543. The third kappa shape index (κ3) is 5.72. The molecule has 29 heavy (non-hydrogen) atoms. The lowest BCUT2D eigenvalue weighted by Crippen LogP contribution is -2.39. The average Bonchev–Trinajstić information content (AvgIpc) is 2.71. The Morgan fingerprint density at radius 1 is 1.00 bits per heavy atom.